The molecule has 1 atom stereocenters. The molecule has 2 nitrogen and oxygen atoms in total. The molecule has 1 unspecified atom stereocenters. The number of anilines is 1. The van der Waals surface area contributed by atoms with Crippen molar-refractivity contribution in [3.05, 3.63) is 29.3 Å². The number of nitrogen functional groups attached to an aromatic ring is 1. The second kappa shape index (κ2) is 4.56. The molecule has 17 heavy (non-hydrogen) atoms. The summed E-state index contributed by atoms with van der Waals surface area (Å²) in [5.41, 5.74) is 5.16. The van der Waals surface area contributed by atoms with Crippen molar-refractivity contribution in [2.75, 3.05) is 12.3 Å². The average molecular weight is 245 g/mol. The minimum Gasteiger partial charge on any atom is -0.398 e. The Morgan fingerprint density at radius 1 is 1.35 bits per heavy atom. The lowest BCUT2D eigenvalue weighted by Crippen LogP contribution is -2.14. The van der Waals surface area contributed by atoms with Crippen molar-refractivity contribution in [3.8, 4) is 0 Å². The Labute approximate surface area is 97.6 Å². The molecular formula is C12H14F3NO. The number of para-hydroxylation sites is 1. The van der Waals surface area contributed by atoms with Gasteiger partial charge in [-0.15, -0.1) is 0 Å². The minimum absolute atomic E-state index is 0.000726. The number of hydrogen-bond donors (Lipinski definition) is 1. The van der Waals surface area contributed by atoms with E-state index in [1.807, 2.05) is 0 Å². The van der Waals surface area contributed by atoms with E-state index >= 15 is 0 Å². The molecule has 0 aliphatic carbocycles. The molecule has 0 radical (unpaired) electrons. The number of rotatable bonds is 2. The lowest BCUT2D eigenvalue weighted by Gasteiger charge is -2.15. The Bertz CT molecular complexity index is 397. The number of halogens is 3. The van der Waals surface area contributed by atoms with Crippen LogP contribution in [0.1, 0.15) is 24.0 Å². The maximum atomic E-state index is 12.6. The van der Waals surface area contributed by atoms with Gasteiger partial charge in [-0.25, -0.2) is 0 Å². The van der Waals surface area contributed by atoms with Crippen LogP contribution in [0.3, 0.4) is 0 Å². The molecule has 1 heterocycles. The van der Waals surface area contributed by atoms with Crippen LogP contribution in [-0.4, -0.2) is 12.7 Å². The van der Waals surface area contributed by atoms with Crippen molar-refractivity contribution in [2.24, 2.45) is 0 Å². The van der Waals surface area contributed by atoms with E-state index in [1.165, 1.54) is 6.07 Å². The molecule has 2 N–H and O–H groups in total. The van der Waals surface area contributed by atoms with Crippen LogP contribution in [0.5, 0.6) is 0 Å². The van der Waals surface area contributed by atoms with Gasteiger partial charge in [-0.2, -0.15) is 13.2 Å². The predicted octanol–water partition coefficient (Wildman–Crippen LogP) is 3.01. The zero-order chi connectivity index (χ0) is 12.5. The van der Waals surface area contributed by atoms with Crippen molar-refractivity contribution in [1.82, 2.24) is 0 Å². The average Bonchev–Trinajstić information content (AvgIpc) is 2.72. The number of benzene rings is 1. The van der Waals surface area contributed by atoms with Crippen LogP contribution in [0.15, 0.2) is 18.2 Å². The lowest BCUT2D eigenvalue weighted by atomic mass is 10.0. The van der Waals surface area contributed by atoms with Crippen molar-refractivity contribution in [3.63, 3.8) is 0 Å². The smallest absolute Gasteiger partial charge is 0.398 e. The Kier molecular flexibility index (Phi) is 3.28. The first-order chi connectivity index (χ1) is 7.98. The van der Waals surface area contributed by atoms with Crippen LogP contribution in [-0.2, 0) is 17.3 Å². The molecule has 1 saturated heterocycles. The Morgan fingerprint density at radius 3 is 2.71 bits per heavy atom. The summed E-state index contributed by atoms with van der Waals surface area (Å²) in [6.07, 6.45) is -2.09. The molecule has 2 rings (SSSR count). The molecule has 1 aromatic rings. The summed E-state index contributed by atoms with van der Waals surface area (Å²) in [7, 11) is 0. The summed E-state index contributed by atoms with van der Waals surface area (Å²) in [5.74, 6) is 0. The summed E-state index contributed by atoms with van der Waals surface area (Å²) < 4.78 is 43.3. The highest BCUT2D eigenvalue weighted by Crippen LogP contribution is 2.35. The molecule has 0 amide bonds. The fraction of sp³-hybridized carbons (Fsp3) is 0.500. The molecule has 0 bridgehead atoms. The van der Waals surface area contributed by atoms with Crippen molar-refractivity contribution in [1.29, 1.82) is 0 Å². The summed E-state index contributed by atoms with van der Waals surface area (Å²) in [6.45, 7) is 0.684. The van der Waals surface area contributed by atoms with E-state index in [1.54, 1.807) is 6.07 Å². The second-order valence-electron chi connectivity index (χ2n) is 4.22. The first kappa shape index (κ1) is 12.2. The van der Waals surface area contributed by atoms with Gasteiger partial charge in [0.25, 0.3) is 0 Å². The molecule has 0 aromatic heterocycles. The van der Waals surface area contributed by atoms with Crippen molar-refractivity contribution in [2.45, 2.75) is 31.5 Å². The van der Waals surface area contributed by atoms with Crippen LogP contribution in [0.2, 0.25) is 0 Å². The first-order valence-corrected chi connectivity index (χ1v) is 5.54. The van der Waals surface area contributed by atoms with Gasteiger partial charge < -0.3 is 10.5 Å². The van der Waals surface area contributed by atoms with Gasteiger partial charge in [0, 0.05) is 18.7 Å². The van der Waals surface area contributed by atoms with Gasteiger partial charge in [0.15, 0.2) is 0 Å². The van der Waals surface area contributed by atoms with E-state index < -0.39 is 11.7 Å². The maximum Gasteiger partial charge on any atom is 0.418 e. The van der Waals surface area contributed by atoms with Gasteiger partial charge in [-0.1, -0.05) is 12.1 Å². The van der Waals surface area contributed by atoms with Gasteiger partial charge in [0.1, 0.15) is 0 Å². The van der Waals surface area contributed by atoms with Crippen LogP contribution in [0, 0.1) is 0 Å². The van der Waals surface area contributed by atoms with Crippen LogP contribution in [0.25, 0.3) is 0 Å². The van der Waals surface area contributed by atoms with E-state index in [-0.39, 0.29) is 11.8 Å². The SMILES string of the molecule is Nc1c(CC2CCCO2)cccc1C(F)(F)F. The summed E-state index contributed by atoms with van der Waals surface area (Å²) >= 11 is 0. The third-order valence-corrected chi connectivity index (χ3v) is 2.97. The topological polar surface area (TPSA) is 35.2 Å². The van der Waals surface area contributed by atoms with E-state index in [9.17, 15) is 13.2 Å². The Balaban J connectivity index is 2.22. The number of alkyl halides is 3. The van der Waals surface area contributed by atoms with E-state index in [0.29, 0.717) is 18.6 Å². The highest BCUT2D eigenvalue weighted by Gasteiger charge is 2.33. The minimum atomic E-state index is -4.39. The van der Waals surface area contributed by atoms with Gasteiger partial charge >= 0.3 is 6.18 Å². The molecule has 5 heteroatoms. The molecule has 0 saturated carbocycles. The maximum absolute atomic E-state index is 12.6. The van der Waals surface area contributed by atoms with Gasteiger partial charge in [0.05, 0.1) is 11.7 Å². The van der Waals surface area contributed by atoms with E-state index in [4.69, 9.17) is 10.5 Å². The first-order valence-electron chi connectivity index (χ1n) is 5.54. The summed E-state index contributed by atoms with van der Waals surface area (Å²) in [6, 6.07) is 4.03. The lowest BCUT2D eigenvalue weighted by molar-refractivity contribution is -0.136. The number of hydrogen-bond acceptors (Lipinski definition) is 2. The highest BCUT2D eigenvalue weighted by atomic mass is 19.4. The monoisotopic (exact) mass is 245 g/mol. The molecule has 94 valence electrons. The third kappa shape index (κ3) is 2.72. The Hall–Kier alpha value is -1.23. The van der Waals surface area contributed by atoms with Crippen LogP contribution < -0.4 is 5.73 Å². The number of ether oxygens (including phenoxy) is 1. The molecule has 1 aliphatic heterocycles. The standard InChI is InChI=1S/C12H14F3NO/c13-12(14,15)10-5-1-3-8(11(10)16)7-9-4-2-6-17-9/h1,3,5,9H,2,4,6-7,16H2. The highest BCUT2D eigenvalue weighted by molar-refractivity contribution is 5.55. The second-order valence-corrected chi connectivity index (χ2v) is 4.22. The van der Waals surface area contributed by atoms with Crippen LogP contribution >= 0.6 is 0 Å². The van der Waals surface area contributed by atoms with Gasteiger partial charge in [0.2, 0.25) is 0 Å². The molecule has 1 fully saturated rings. The third-order valence-electron chi connectivity index (χ3n) is 2.97. The summed E-state index contributed by atoms with van der Waals surface area (Å²) in [5, 5.41) is 0. The Morgan fingerprint density at radius 2 is 2.12 bits per heavy atom. The van der Waals surface area contributed by atoms with Gasteiger partial charge in [-0.05, 0) is 24.5 Å². The van der Waals surface area contributed by atoms with E-state index in [2.05, 4.69) is 0 Å². The van der Waals surface area contributed by atoms with Crippen molar-refractivity contribution < 1.29 is 17.9 Å². The summed E-state index contributed by atoms with van der Waals surface area (Å²) in [4.78, 5) is 0. The van der Waals surface area contributed by atoms with E-state index in [0.717, 1.165) is 18.9 Å². The molecule has 1 aromatic carbocycles. The molecular weight excluding hydrogens is 231 g/mol. The quantitative estimate of drug-likeness (QED) is 0.813. The zero-order valence-electron chi connectivity index (χ0n) is 9.26. The normalized spacial score (nSPS) is 20.8. The predicted molar refractivity (Wildman–Crippen MR) is 58.5 cm³/mol. The molecule has 0 spiro atoms. The number of nitrogens with two attached hydrogens (primary N) is 1. The largest absolute Gasteiger partial charge is 0.418 e. The van der Waals surface area contributed by atoms with Crippen LogP contribution in [0.4, 0.5) is 18.9 Å². The zero-order valence-corrected chi connectivity index (χ0v) is 9.26. The fourth-order valence-electron chi connectivity index (χ4n) is 2.09. The fourth-order valence-corrected chi connectivity index (χ4v) is 2.09. The van der Waals surface area contributed by atoms with Crippen molar-refractivity contribution >= 4 is 5.69 Å². The van der Waals surface area contributed by atoms with Gasteiger partial charge in [-0.3, -0.25) is 0 Å². The molecule has 1 aliphatic rings.